The van der Waals surface area contributed by atoms with Crippen LogP contribution < -0.4 is 10.2 Å². The molecule has 0 saturated carbocycles. The highest BCUT2D eigenvalue weighted by atomic mass is 19.1. The molecule has 140 valence electrons. The number of aromatic carboxylic acids is 1. The molecule has 0 fully saturated rings. The van der Waals surface area contributed by atoms with Crippen molar-refractivity contribution in [2.24, 2.45) is 0 Å². The van der Waals surface area contributed by atoms with Crippen LogP contribution in [-0.4, -0.2) is 22.8 Å². The zero-order valence-electron chi connectivity index (χ0n) is 14.8. The molecule has 3 rings (SSSR count). The van der Waals surface area contributed by atoms with Gasteiger partial charge in [0.15, 0.2) is 5.82 Å². The molecule has 0 aliphatic carbocycles. The molecule has 7 heteroatoms. The zero-order chi connectivity index (χ0) is 19.7. The van der Waals surface area contributed by atoms with Crippen molar-refractivity contribution in [1.29, 1.82) is 0 Å². The van der Waals surface area contributed by atoms with Crippen LogP contribution in [-0.2, 0) is 6.54 Å². The van der Waals surface area contributed by atoms with Crippen molar-refractivity contribution < 1.29 is 23.4 Å². The van der Waals surface area contributed by atoms with E-state index < -0.39 is 28.6 Å². The number of fused-ring (bicyclic) bond motifs is 1. The number of hydrogen-bond donors (Lipinski definition) is 1. The maximum atomic E-state index is 15.3. The van der Waals surface area contributed by atoms with Crippen LogP contribution in [0.4, 0.5) is 8.78 Å². The Kier molecular flexibility index (Phi) is 4.94. The Morgan fingerprint density at radius 2 is 1.89 bits per heavy atom. The number of carbonyl (C=O) groups is 1. The van der Waals surface area contributed by atoms with Crippen LogP contribution in [0.5, 0.6) is 5.75 Å². The van der Waals surface area contributed by atoms with Crippen molar-refractivity contribution in [3.8, 4) is 16.9 Å². The Morgan fingerprint density at radius 3 is 2.44 bits per heavy atom. The third-order valence-corrected chi connectivity index (χ3v) is 4.33. The first-order chi connectivity index (χ1) is 12.9. The number of carboxylic acids is 1. The van der Waals surface area contributed by atoms with Crippen molar-refractivity contribution in [2.45, 2.75) is 19.9 Å². The zero-order valence-corrected chi connectivity index (χ0v) is 14.8. The van der Waals surface area contributed by atoms with E-state index in [-0.39, 0.29) is 28.6 Å². The molecule has 27 heavy (non-hydrogen) atoms. The number of methoxy groups -OCH3 is 1. The average molecular weight is 373 g/mol. The average Bonchev–Trinajstić information content (AvgIpc) is 2.64. The van der Waals surface area contributed by atoms with Gasteiger partial charge in [0.05, 0.1) is 23.6 Å². The molecule has 0 aliphatic heterocycles. The minimum Gasteiger partial charge on any atom is -0.497 e. The fraction of sp³-hybridized carbons (Fsp3) is 0.200. The molecular weight excluding hydrogens is 356 g/mol. The summed E-state index contributed by atoms with van der Waals surface area (Å²) in [6.45, 7) is 2.11. The van der Waals surface area contributed by atoms with Gasteiger partial charge >= 0.3 is 5.97 Å². The molecule has 0 saturated heterocycles. The molecule has 5 nitrogen and oxygen atoms in total. The Labute approximate surface area is 153 Å². The van der Waals surface area contributed by atoms with E-state index in [2.05, 4.69) is 0 Å². The van der Waals surface area contributed by atoms with Crippen molar-refractivity contribution >= 4 is 16.9 Å². The third-order valence-electron chi connectivity index (χ3n) is 4.33. The normalized spacial score (nSPS) is 11.0. The molecule has 0 amide bonds. The number of nitrogens with zero attached hydrogens (tertiary/aromatic N) is 1. The van der Waals surface area contributed by atoms with Gasteiger partial charge in [-0.05, 0) is 30.2 Å². The molecule has 0 spiro atoms. The predicted molar refractivity (Wildman–Crippen MR) is 97.4 cm³/mol. The molecule has 1 heterocycles. The monoisotopic (exact) mass is 373 g/mol. The molecule has 0 unspecified atom stereocenters. The summed E-state index contributed by atoms with van der Waals surface area (Å²) in [5.74, 6) is -2.74. The summed E-state index contributed by atoms with van der Waals surface area (Å²) in [7, 11) is 1.48. The first-order valence-electron chi connectivity index (χ1n) is 8.31. The summed E-state index contributed by atoms with van der Waals surface area (Å²) in [6, 6.07) is 7.08. The molecule has 0 atom stereocenters. The number of benzene rings is 2. The molecule has 2 aromatic carbocycles. The van der Waals surface area contributed by atoms with Crippen molar-refractivity contribution in [1.82, 2.24) is 4.57 Å². The molecule has 0 radical (unpaired) electrons. The van der Waals surface area contributed by atoms with Gasteiger partial charge in [-0.25, -0.2) is 13.6 Å². The largest absolute Gasteiger partial charge is 0.497 e. The van der Waals surface area contributed by atoms with E-state index in [0.717, 1.165) is 12.3 Å². The van der Waals surface area contributed by atoms with Gasteiger partial charge in [-0.15, -0.1) is 0 Å². The highest BCUT2D eigenvalue weighted by Gasteiger charge is 2.22. The Morgan fingerprint density at radius 1 is 1.22 bits per heavy atom. The number of rotatable bonds is 5. The minimum absolute atomic E-state index is 0.112. The van der Waals surface area contributed by atoms with E-state index in [0.29, 0.717) is 12.2 Å². The van der Waals surface area contributed by atoms with Crippen LogP contribution in [0.3, 0.4) is 0 Å². The number of hydrogen-bond acceptors (Lipinski definition) is 3. The highest BCUT2D eigenvalue weighted by Crippen LogP contribution is 2.32. The maximum absolute atomic E-state index is 15.3. The summed E-state index contributed by atoms with van der Waals surface area (Å²) in [5, 5.41) is 8.93. The van der Waals surface area contributed by atoms with Crippen LogP contribution in [0.2, 0.25) is 0 Å². The number of carboxylic acid groups (broad SMARTS) is 1. The van der Waals surface area contributed by atoms with Crippen molar-refractivity contribution in [3.05, 3.63) is 63.9 Å². The van der Waals surface area contributed by atoms with Gasteiger partial charge in [0.1, 0.15) is 17.1 Å². The van der Waals surface area contributed by atoms with Gasteiger partial charge in [0.2, 0.25) is 5.43 Å². The summed E-state index contributed by atoms with van der Waals surface area (Å²) in [5.41, 5.74) is -1.54. The smallest absolute Gasteiger partial charge is 0.341 e. The van der Waals surface area contributed by atoms with E-state index in [4.69, 9.17) is 4.74 Å². The third kappa shape index (κ3) is 3.16. The summed E-state index contributed by atoms with van der Waals surface area (Å²) in [4.78, 5) is 23.7. The second kappa shape index (κ2) is 7.19. The topological polar surface area (TPSA) is 68.5 Å². The SMILES string of the molecule is CCCn1cc(C(=O)O)c(=O)c2cc(F)c(-c3ccc(OC)cc3)c(F)c21. The lowest BCUT2D eigenvalue weighted by atomic mass is 10.0. The lowest BCUT2D eigenvalue weighted by Crippen LogP contribution is -2.20. The Hall–Kier alpha value is -3.22. The molecule has 0 aliphatic rings. The van der Waals surface area contributed by atoms with E-state index in [9.17, 15) is 19.1 Å². The number of aryl methyl sites for hydroxylation is 1. The molecule has 1 N–H and O–H groups in total. The Balaban J connectivity index is 2.38. The number of aromatic nitrogens is 1. The minimum atomic E-state index is -1.44. The number of halogens is 2. The maximum Gasteiger partial charge on any atom is 0.341 e. The first-order valence-corrected chi connectivity index (χ1v) is 8.31. The fourth-order valence-electron chi connectivity index (χ4n) is 3.08. The first kappa shape index (κ1) is 18.6. The van der Waals surface area contributed by atoms with Gasteiger partial charge in [-0.1, -0.05) is 19.1 Å². The van der Waals surface area contributed by atoms with Crippen LogP contribution in [0.25, 0.3) is 22.0 Å². The lowest BCUT2D eigenvalue weighted by molar-refractivity contribution is 0.0694. The van der Waals surface area contributed by atoms with Crippen LogP contribution in [0, 0.1) is 11.6 Å². The van der Waals surface area contributed by atoms with E-state index in [1.54, 1.807) is 12.1 Å². The van der Waals surface area contributed by atoms with Crippen LogP contribution >= 0.6 is 0 Å². The predicted octanol–water partition coefficient (Wildman–Crippen LogP) is 4.06. The lowest BCUT2D eigenvalue weighted by Gasteiger charge is -2.15. The standard InChI is InChI=1S/C20H17F2NO4/c1-3-8-23-10-14(20(25)26)19(24)13-9-15(21)16(17(22)18(13)23)11-4-6-12(27-2)7-5-11/h4-7,9-10H,3,8H2,1-2H3,(H,25,26). The molecule has 0 bridgehead atoms. The summed E-state index contributed by atoms with van der Waals surface area (Å²) in [6.07, 6.45) is 1.68. The van der Waals surface area contributed by atoms with Crippen molar-refractivity contribution in [2.75, 3.05) is 7.11 Å². The molecule has 1 aromatic heterocycles. The van der Waals surface area contributed by atoms with E-state index >= 15 is 4.39 Å². The molecular formula is C20H17F2NO4. The number of pyridine rings is 1. The quantitative estimate of drug-likeness (QED) is 0.732. The van der Waals surface area contributed by atoms with Crippen LogP contribution in [0.1, 0.15) is 23.7 Å². The van der Waals surface area contributed by atoms with Gasteiger partial charge < -0.3 is 14.4 Å². The summed E-state index contributed by atoms with van der Waals surface area (Å²) >= 11 is 0. The van der Waals surface area contributed by atoms with E-state index in [1.807, 2.05) is 6.92 Å². The molecule has 3 aromatic rings. The van der Waals surface area contributed by atoms with Gasteiger partial charge in [-0.3, -0.25) is 4.79 Å². The number of ether oxygens (including phenoxy) is 1. The fourth-order valence-corrected chi connectivity index (χ4v) is 3.08. The Bertz CT molecular complexity index is 1090. The van der Waals surface area contributed by atoms with Crippen LogP contribution in [0.15, 0.2) is 41.3 Å². The highest BCUT2D eigenvalue weighted by molar-refractivity contribution is 5.94. The van der Waals surface area contributed by atoms with E-state index in [1.165, 1.54) is 23.8 Å². The summed E-state index contributed by atoms with van der Waals surface area (Å²) < 4.78 is 36.4. The van der Waals surface area contributed by atoms with Crippen molar-refractivity contribution in [3.63, 3.8) is 0 Å². The second-order valence-corrected chi connectivity index (χ2v) is 6.04. The second-order valence-electron chi connectivity index (χ2n) is 6.04. The van der Waals surface area contributed by atoms with Gasteiger partial charge in [0, 0.05) is 12.7 Å². The van der Waals surface area contributed by atoms with Gasteiger partial charge in [-0.2, -0.15) is 0 Å². The van der Waals surface area contributed by atoms with Gasteiger partial charge in [0.25, 0.3) is 0 Å².